The lowest BCUT2D eigenvalue weighted by atomic mass is 9.68. The van der Waals surface area contributed by atoms with Crippen molar-refractivity contribution in [2.45, 2.75) is 12.3 Å². The highest BCUT2D eigenvalue weighted by Gasteiger charge is 2.32. The molecule has 1 aliphatic carbocycles. The number of rotatable bonds is 4. The van der Waals surface area contributed by atoms with Crippen LogP contribution in [0.15, 0.2) is 103 Å². The Labute approximate surface area is 139 Å². The van der Waals surface area contributed by atoms with Crippen molar-refractivity contribution in [2.75, 3.05) is 0 Å². The molecule has 1 aliphatic rings. The third-order valence-corrected chi connectivity index (χ3v) is 4.48. The second-order valence-corrected chi connectivity index (χ2v) is 5.96. The third-order valence-electron chi connectivity index (χ3n) is 4.48. The van der Waals surface area contributed by atoms with Gasteiger partial charge in [0.1, 0.15) is 0 Å². The van der Waals surface area contributed by atoms with Gasteiger partial charge in [0.05, 0.1) is 0 Å². The van der Waals surface area contributed by atoms with E-state index in [1.54, 1.807) is 0 Å². The summed E-state index contributed by atoms with van der Waals surface area (Å²) >= 11 is 0. The molecular formula is C23H22. The van der Waals surface area contributed by atoms with Gasteiger partial charge in [-0.2, -0.15) is 0 Å². The van der Waals surface area contributed by atoms with Gasteiger partial charge in [-0.3, -0.25) is 0 Å². The Bertz CT molecular complexity index is 732. The maximum absolute atomic E-state index is 2.31. The van der Waals surface area contributed by atoms with Crippen molar-refractivity contribution >= 4 is 6.08 Å². The Morgan fingerprint density at radius 1 is 0.826 bits per heavy atom. The zero-order valence-corrected chi connectivity index (χ0v) is 13.5. The summed E-state index contributed by atoms with van der Waals surface area (Å²) in [5.41, 5.74) is 2.48. The fraction of sp³-hybridized carbons (Fsp3) is 0.130. The van der Waals surface area contributed by atoms with E-state index in [1.807, 2.05) is 6.07 Å². The molecule has 23 heavy (non-hydrogen) atoms. The van der Waals surface area contributed by atoms with Gasteiger partial charge in [-0.15, -0.1) is 0 Å². The first-order valence-corrected chi connectivity index (χ1v) is 8.14. The Morgan fingerprint density at radius 3 is 2.22 bits per heavy atom. The molecule has 0 radical (unpaired) electrons. The first kappa shape index (κ1) is 15.3. The van der Waals surface area contributed by atoms with E-state index in [1.165, 1.54) is 11.1 Å². The second-order valence-electron chi connectivity index (χ2n) is 5.96. The second kappa shape index (κ2) is 7.11. The molecule has 0 N–H and O–H groups in total. The Balaban J connectivity index is 1.88. The highest BCUT2D eigenvalue weighted by atomic mass is 14.3. The van der Waals surface area contributed by atoms with Crippen molar-refractivity contribution in [3.63, 3.8) is 0 Å². The van der Waals surface area contributed by atoms with E-state index in [0.717, 1.165) is 0 Å². The molecule has 0 saturated heterocycles. The van der Waals surface area contributed by atoms with Gasteiger partial charge in [-0.1, -0.05) is 116 Å². The predicted octanol–water partition coefficient (Wildman–Crippen LogP) is 5.96. The predicted molar refractivity (Wildman–Crippen MR) is 100 cm³/mol. The quantitative estimate of drug-likeness (QED) is 0.611. The summed E-state index contributed by atoms with van der Waals surface area (Å²) in [5, 5.41) is 0. The average molecular weight is 298 g/mol. The summed E-state index contributed by atoms with van der Waals surface area (Å²) in [6.45, 7) is 2.28. The van der Waals surface area contributed by atoms with Crippen LogP contribution in [0.4, 0.5) is 0 Å². The molecule has 0 spiro atoms. The highest BCUT2D eigenvalue weighted by Crippen LogP contribution is 2.38. The molecule has 2 aromatic rings. The van der Waals surface area contributed by atoms with Crippen LogP contribution >= 0.6 is 0 Å². The average Bonchev–Trinajstić information content (AvgIpc) is 2.62. The minimum absolute atomic E-state index is 0.0724. The van der Waals surface area contributed by atoms with Crippen molar-refractivity contribution in [3.05, 3.63) is 114 Å². The van der Waals surface area contributed by atoms with Gasteiger partial charge < -0.3 is 0 Å². The van der Waals surface area contributed by atoms with Gasteiger partial charge in [0.2, 0.25) is 0 Å². The van der Waals surface area contributed by atoms with E-state index < -0.39 is 0 Å². The lowest BCUT2D eigenvalue weighted by molar-refractivity contribution is 0.511. The first-order valence-electron chi connectivity index (χ1n) is 8.14. The molecule has 0 aliphatic heterocycles. The summed E-state index contributed by atoms with van der Waals surface area (Å²) in [6.07, 6.45) is 17.6. The third kappa shape index (κ3) is 3.43. The fourth-order valence-corrected chi connectivity index (χ4v) is 3.09. The number of hydrogen-bond acceptors (Lipinski definition) is 0. The molecule has 114 valence electrons. The molecule has 2 unspecified atom stereocenters. The van der Waals surface area contributed by atoms with Crippen molar-refractivity contribution in [3.8, 4) is 0 Å². The van der Waals surface area contributed by atoms with Crippen molar-refractivity contribution < 1.29 is 0 Å². The van der Waals surface area contributed by atoms with Crippen LogP contribution in [0.2, 0.25) is 0 Å². The van der Waals surface area contributed by atoms with Crippen LogP contribution in [0, 0.1) is 5.92 Å². The number of allylic oxidation sites excluding steroid dienone is 7. The van der Waals surface area contributed by atoms with Crippen LogP contribution in [0.3, 0.4) is 0 Å². The van der Waals surface area contributed by atoms with E-state index in [4.69, 9.17) is 0 Å². The topological polar surface area (TPSA) is 0 Å². The van der Waals surface area contributed by atoms with Crippen molar-refractivity contribution in [1.29, 1.82) is 0 Å². The summed E-state index contributed by atoms with van der Waals surface area (Å²) in [7, 11) is 0. The fourth-order valence-electron chi connectivity index (χ4n) is 3.09. The van der Waals surface area contributed by atoms with Crippen LogP contribution in [0.25, 0.3) is 6.08 Å². The van der Waals surface area contributed by atoms with Crippen LogP contribution in [-0.4, -0.2) is 0 Å². The number of hydrogen-bond donors (Lipinski definition) is 0. The molecule has 2 aromatic carbocycles. The number of benzene rings is 2. The lowest BCUT2D eigenvalue weighted by Gasteiger charge is -2.34. The van der Waals surface area contributed by atoms with E-state index in [0.29, 0.717) is 5.92 Å². The first-order chi connectivity index (χ1) is 11.3. The SMILES string of the molecule is CC1C=CC=CC1(C=CC=Cc1ccccc1)c1ccccc1. The van der Waals surface area contributed by atoms with E-state index in [-0.39, 0.29) is 5.41 Å². The molecular weight excluding hydrogens is 276 g/mol. The molecule has 0 fully saturated rings. The van der Waals surface area contributed by atoms with E-state index in [2.05, 4.69) is 110 Å². The van der Waals surface area contributed by atoms with Crippen molar-refractivity contribution in [1.82, 2.24) is 0 Å². The molecule has 0 saturated carbocycles. The highest BCUT2D eigenvalue weighted by molar-refractivity contribution is 5.51. The van der Waals surface area contributed by atoms with Crippen LogP contribution in [0.5, 0.6) is 0 Å². The summed E-state index contributed by atoms with van der Waals surface area (Å²) < 4.78 is 0. The molecule has 0 aromatic heterocycles. The Kier molecular flexibility index (Phi) is 4.73. The maximum atomic E-state index is 2.31. The largest absolute Gasteiger partial charge is 0.0802 e. The minimum atomic E-state index is -0.0724. The molecule has 0 bridgehead atoms. The van der Waals surface area contributed by atoms with E-state index >= 15 is 0 Å². The van der Waals surface area contributed by atoms with Crippen LogP contribution in [-0.2, 0) is 5.41 Å². The van der Waals surface area contributed by atoms with Gasteiger partial charge in [0.15, 0.2) is 0 Å². The Morgan fingerprint density at radius 2 is 1.52 bits per heavy atom. The molecule has 0 heterocycles. The van der Waals surface area contributed by atoms with Gasteiger partial charge in [0.25, 0.3) is 0 Å². The van der Waals surface area contributed by atoms with Gasteiger partial charge in [-0.25, -0.2) is 0 Å². The Hall–Kier alpha value is -2.60. The van der Waals surface area contributed by atoms with Crippen molar-refractivity contribution in [2.24, 2.45) is 5.92 Å². The molecule has 3 rings (SSSR count). The van der Waals surface area contributed by atoms with Gasteiger partial charge in [-0.05, 0) is 17.0 Å². The monoisotopic (exact) mass is 298 g/mol. The normalized spacial score (nSPS) is 23.8. The molecule has 0 heteroatoms. The maximum Gasteiger partial charge on any atom is 0.0378 e. The van der Waals surface area contributed by atoms with Gasteiger partial charge >= 0.3 is 0 Å². The smallest absolute Gasteiger partial charge is 0.0378 e. The van der Waals surface area contributed by atoms with Crippen LogP contribution in [0.1, 0.15) is 18.1 Å². The van der Waals surface area contributed by atoms with Crippen LogP contribution < -0.4 is 0 Å². The summed E-state index contributed by atoms with van der Waals surface area (Å²) in [5.74, 6) is 0.427. The van der Waals surface area contributed by atoms with Gasteiger partial charge in [0, 0.05) is 5.41 Å². The molecule has 0 amide bonds. The lowest BCUT2D eigenvalue weighted by Crippen LogP contribution is -2.29. The summed E-state index contributed by atoms with van der Waals surface area (Å²) in [6, 6.07) is 21.1. The molecule has 0 nitrogen and oxygen atoms in total. The standard InChI is InChI=1S/C23H22/c1-20-12-8-10-18-23(20,22-16-6-3-7-17-22)19-11-9-15-21-13-4-2-5-14-21/h2-20H,1H3. The molecule has 2 atom stereocenters. The summed E-state index contributed by atoms with van der Waals surface area (Å²) in [4.78, 5) is 0. The minimum Gasteiger partial charge on any atom is -0.0802 e. The van der Waals surface area contributed by atoms with E-state index in [9.17, 15) is 0 Å². The zero-order valence-electron chi connectivity index (χ0n) is 13.5. The zero-order chi connectivity index (χ0) is 16.0.